The molecule has 3 aromatic heterocycles. The SMILES string of the molecule is COc1ccc(-c2nn3c(-c4n[nH]c5c4CCC5)nnc3s2)cc1. The van der Waals surface area contributed by atoms with Crippen molar-refractivity contribution in [2.75, 3.05) is 7.11 Å². The Morgan fingerprint density at radius 1 is 1.17 bits per heavy atom. The summed E-state index contributed by atoms with van der Waals surface area (Å²) in [5.74, 6) is 1.54. The van der Waals surface area contributed by atoms with E-state index >= 15 is 0 Å². The lowest BCUT2D eigenvalue weighted by molar-refractivity contribution is 0.415. The molecule has 120 valence electrons. The van der Waals surface area contributed by atoms with E-state index in [0.717, 1.165) is 46.2 Å². The zero-order valence-corrected chi connectivity index (χ0v) is 13.8. The second kappa shape index (κ2) is 5.13. The molecule has 0 atom stereocenters. The number of aryl methyl sites for hydroxylation is 1. The topological polar surface area (TPSA) is 81.0 Å². The summed E-state index contributed by atoms with van der Waals surface area (Å²) < 4.78 is 6.99. The Kier molecular flexibility index (Phi) is 2.93. The number of H-pyrrole nitrogens is 1. The van der Waals surface area contributed by atoms with E-state index in [4.69, 9.17) is 9.84 Å². The third-order valence-corrected chi connectivity index (χ3v) is 5.29. The molecule has 0 aliphatic heterocycles. The van der Waals surface area contributed by atoms with E-state index in [9.17, 15) is 0 Å². The third-order valence-electron chi connectivity index (χ3n) is 4.35. The maximum absolute atomic E-state index is 5.20. The fourth-order valence-corrected chi connectivity index (χ4v) is 3.96. The average molecular weight is 338 g/mol. The lowest BCUT2D eigenvalue weighted by atomic mass is 10.2. The molecule has 7 nitrogen and oxygen atoms in total. The van der Waals surface area contributed by atoms with Gasteiger partial charge in [0.15, 0.2) is 0 Å². The highest BCUT2D eigenvalue weighted by molar-refractivity contribution is 7.19. The molecule has 0 saturated heterocycles. The van der Waals surface area contributed by atoms with Crippen molar-refractivity contribution in [2.45, 2.75) is 19.3 Å². The van der Waals surface area contributed by atoms with Crippen LogP contribution in [0.15, 0.2) is 24.3 Å². The van der Waals surface area contributed by atoms with Crippen molar-refractivity contribution in [3.63, 3.8) is 0 Å². The van der Waals surface area contributed by atoms with Crippen molar-refractivity contribution in [3.05, 3.63) is 35.5 Å². The van der Waals surface area contributed by atoms with Crippen LogP contribution in [0.3, 0.4) is 0 Å². The van der Waals surface area contributed by atoms with E-state index in [-0.39, 0.29) is 0 Å². The summed E-state index contributed by atoms with van der Waals surface area (Å²) in [5.41, 5.74) is 4.38. The maximum atomic E-state index is 5.20. The van der Waals surface area contributed by atoms with E-state index in [1.807, 2.05) is 24.3 Å². The van der Waals surface area contributed by atoms with Crippen LogP contribution in [0.4, 0.5) is 0 Å². The molecule has 24 heavy (non-hydrogen) atoms. The Balaban J connectivity index is 1.60. The van der Waals surface area contributed by atoms with E-state index in [2.05, 4.69) is 20.4 Å². The number of aromatic amines is 1. The van der Waals surface area contributed by atoms with E-state index in [1.54, 1.807) is 11.6 Å². The molecule has 1 aromatic carbocycles. The van der Waals surface area contributed by atoms with Crippen molar-refractivity contribution < 1.29 is 4.74 Å². The van der Waals surface area contributed by atoms with Gasteiger partial charge in [0.2, 0.25) is 10.8 Å². The lowest BCUT2D eigenvalue weighted by Gasteiger charge is -1.99. The first kappa shape index (κ1) is 13.7. The van der Waals surface area contributed by atoms with Crippen LogP contribution in [0, 0.1) is 0 Å². The second-order valence-corrected chi connectivity index (χ2v) is 6.69. The van der Waals surface area contributed by atoms with Gasteiger partial charge in [-0.3, -0.25) is 5.10 Å². The summed E-state index contributed by atoms with van der Waals surface area (Å²) in [6.45, 7) is 0. The van der Waals surface area contributed by atoms with Gasteiger partial charge in [0.1, 0.15) is 16.5 Å². The van der Waals surface area contributed by atoms with Crippen molar-refractivity contribution in [3.8, 4) is 27.8 Å². The zero-order valence-electron chi connectivity index (χ0n) is 13.0. The normalized spacial score (nSPS) is 13.5. The lowest BCUT2D eigenvalue weighted by Crippen LogP contribution is -1.94. The van der Waals surface area contributed by atoms with Crippen LogP contribution in [-0.2, 0) is 12.8 Å². The number of rotatable bonds is 3. The van der Waals surface area contributed by atoms with Gasteiger partial charge in [-0.25, -0.2) is 0 Å². The van der Waals surface area contributed by atoms with E-state index in [1.165, 1.54) is 22.6 Å². The first-order valence-corrected chi connectivity index (χ1v) is 8.58. The summed E-state index contributed by atoms with van der Waals surface area (Å²) in [6.07, 6.45) is 3.25. The van der Waals surface area contributed by atoms with E-state index in [0.29, 0.717) is 5.82 Å². The van der Waals surface area contributed by atoms with Crippen LogP contribution >= 0.6 is 11.3 Å². The van der Waals surface area contributed by atoms with Crippen molar-refractivity contribution in [1.29, 1.82) is 0 Å². The number of nitrogens with one attached hydrogen (secondary N) is 1. The Morgan fingerprint density at radius 2 is 2.04 bits per heavy atom. The summed E-state index contributed by atoms with van der Waals surface area (Å²) >= 11 is 1.51. The van der Waals surface area contributed by atoms with Crippen LogP contribution in [0.2, 0.25) is 0 Å². The van der Waals surface area contributed by atoms with Gasteiger partial charge < -0.3 is 4.74 Å². The Morgan fingerprint density at radius 3 is 2.88 bits per heavy atom. The van der Waals surface area contributed by atoms with Crippen molar-refractivity contribution in [2.24, 2.45) is 0 Å². The Bertz CT molecular complexity index is 1030. The smallest absolute Gasteiger partial charge is 0.235 e. The minimum Gasteiger partial charge on any atom is -0.497 e. The largest absolute Gasteiger partial charge is 0.497 e. The minimum absolute atomic E-state index is 0.709. The number of benzene rings is 1. The van der Waals surface area contributed by atoms with Crippen molar-refractivity contribution >= 4 is 16.3 Å². The predicted molar refractivity (Wildman–Crippen MR) is 90.3 cm³/mol. The minimum atomic E-state index is 0.709. The zero-order chi connectivity index (χ0) is 16.1. The van der Waals surface area contributed by atoms with Crippen LogP contribution in [0.25, 0.3) is 27.1 Å². The molecule has 0 amide bonds. The van der Waals surface area contributed by atoms with Crippen LogP contribution in [0.1, 0.15) is 17.7 Å². The van der Waals surface area contributed by atoms with Gasteiger partial charge in [-0.15, -0.1) is 10.2 Å². The Hall–Kier alpha value is -2.74. The summed E-state index contributed by atoms with van der Waals surface area (Å²) in [6, 6.07) is 7.85. The first-order chi connectivity index (χ1) is 11.8. The molecule has 0 radical (unpaired) electrons. The average Bonchev–Trinajstić information content (AvgIpc) is 3.35. The third kappa shape index (κ3) is 1.96. The van der Waals surface area contributed by atoms with Crippen LogP contribution in [-0.4, -0.2) is 37.1 Å². The highest BCUT2D eigenvalue weighted by atomic mass is 32.1. The van der Waals surface area contributed by atoms with E-state index < -0.39 is 0 Å². The number of nitrogens with zero attached hydrogens (tertiary/aromatic N) is 5. The number of hydrogen-bond donors (Lipinski definition) is 1. The monoisotopic (exact) mass is 338 g/mol. The number of aromatic nitrogens is 6. The highest BCUT2D eigenvalue weighted by Crippen LogP contribution is 2.32. The summed E-state index contributed by atoms with van der Waals surface area (Å²) in [7, 11) is 1.66. The predicted octanol–water partition coefficient (Wildman–Crippen LogP) is 2.74. The fraction of sp³-hybridized carbons (Fsp3) is 0.250. The molecule has 1 aliphatic carbocycles. The Labute approximate surface area is 141 Å². The molecule has 0 spiro atoms. The van der Waals surface area contributed by atoms with Gasteiger partial charge in [-0.2, -0.15) is 14.7 Å². The molecule has 0 fully saturated rings. The molecule has 4 aromatic rings. The van der Waals surface area contributed by atoms with Gasteiger partial charge in [0, 0.05) is 16.8 Å². The van der Waals surface area contributed by atoms with Gasteiger partial charge in [0.25, 0.3) is 0 Å². The molecule has 0 saturated carbocycles. The molecule has 8 heteroatoms. The number of ether oxygens (including phenoxy) is 1. The number of fused-ring (bicyclic) bond motifs is 2. The second-order valence-electron chi connectivity index (χ2n) is 5.74. The standard InChI is InChI=1S/C16H14N6OS/c1-23-10-7-5-9(6-8-10)15-21-22-14(19-20-16(22)24-15)13-11-3-2-4-12(11)17-18-13/h5-8H,2-4H2,1H3,(H,17,18). The van der Waals surface area contributed by atoms with Crippen molar-refractivity contribution in [1.82, 2.24) is 30.0 Å². The molecule has 1 N–H and O–H groups in total. The number of methoxy groups -OCH3 is 1. The number of hydrogen-bond acceptors (Lipinski definition) is 6. The highest BCUT2D eigenvalue weighted by Gasteiger charge is 2.24. The molecule has 5 rings (SSSR count). The van der Waals surface area contributed by atoms with Gasteiger partial charge in [-0.05, 0) is 43.5 Å². The molecule has 3 heterocycles. The molecule has 1 aliphatic rings. The first-order valence-electron chi connectivity index (χ1n) is 7.76. The van der Waals surface area contributed by atoms with Crippen LogP contribution in [0.5, 0.6) is 5.75 Å². The van der Waals surface area contributed by atoms with Gasteiger partial charge >= 0.3 is 0 Å². The van der Waals surface area contributed by atoms with Gasteiger partial charge in [-0.1, -0.05) is 11.3 Å². The molecular weight excluding hydrogens is 324 g/mol. The van der Waals surface area contributed by atoms with Gasteiger partial charge in [0.05, 0.1) is 7.11 Å². The molecule has 0 unspecified atom stereocenters. The molecule has 0 bridgehead atoms. The quantitative estimate of drug-likeness (QED) is 0.621. The maximum Gasteiger partial charge on any atom is 0.235 e. The fourth-order valence-electron chi connectivity index (χ4n) is 3.12. The summed E-state index contributed by atoms with van der Waals surface area (Å²) in [4.78, 5) is 0.769. The molecular formula is C16H14N6OS. The summed E-state index contributed by atoms with van der Waals surface area (Å²) in [5, 5.41) is 21.7. The van der Waals surface area contributed by atoms with Crippen LogP contribution < -0.4 is 4.74 Å².